The summed E-state index contributed by atoms with van der Waals surface area (Å²) in [6, 6.07) is 16.0. The van der Waals surface area contributed by atoms with E-state index in [1.807, 2.05) is 41.8 Å². The SMILES string of the molecule is Clc1cccc(CCNCc2cccc(Oc3nccs3)c2)c1. The van der Waals surface area contributed by atoms with E-state index in [1.165, 1.54) is 22.5 Å². The second-order valence-corrected chi connectivity index (χ2v) is 6.40. The smallest absolute Gasteiger partial charge is 0.278 e. The zero-order valence-electron chi connectivity index (χ0n) is 12.5. The summed E-state index contributed by atoms with van der Waals surface area (Å²) in [6.45, 7) is 1.70. The van der Waals surface area contributed by atoms with Gasteiger partial charge in [0, 0.05) is 23.1 Å². The maximum atomic E-state index is 5.99. The summed E-state index contributed by atoms with van der Waals surface area (Å²) >= 11 is 7.47. The molecule has 0 saturated carbocycles. The molecule has 23 heavy (non-hydrogen) atoms. The van der Waals surface area contributed by atoms with Crippen LogP contribution in [0.3, 0.4) is 0 Å². The first-order valence-corrected chi connectivity index (χ1v) is 8.67. The monoisotopic (exact) mass is 344 g/mol. The maximum absolute atomic E-state index is 5.99. The number of rotatable bonds is 7. The largest absolute Gasteiger partial charge is 0.431 e. The quantitative estimate of drug-likeness (QED) is 0.617. The molecule has 5 heteroatoms. The van der Waals surface area contributed by atoms with Gasteiger partial charge in [-0.15, -0.1) is 0 Å². The predicted molar refractivity (Wildman–Crippen MR) is 95.5 cm³/mol. The van der Waals surface area contributed by atoms with Crippen LogP contribution in [0.4, 0.5) is 0 Å². The van der Waals surface area contributed by atoms with Crippen LogP contribution in [-0.4, -0.2) is 11.5 Å². The Labute approximate surface area is 144 Å². The van der Waals surface area contributed by atoms with Gasteiger partial charge in [-0.2, -0.15) is 0 Å². The van der Waals surface area contributed by atoms with E-state index in [1.54, 1.807) is 6.20 Å². The summed E-state index contributed by atoms with van der Waals surface area (Å²) in [4.78, 5) is 4.13. The Kier molecular flexibility index (Phi) is 5.64. The summed E-state index contributed by atoms with van der Waals surface area (Å²) in [5, 5.41) is 6.79. The van der Waals surface area contributed by atoms with Crippen molar-refractivity contribution in [2.24, 2.45) is 0 Å². The molecule has 0 spiro atoms. The molecule has 0 aliphatic rings. The molecule has 1 heterocycles. The van der Waals surface area contributed by atoms with E-state index in [0.29, 0.717) is 5.19 Å². The van der Waals surface area contributed by atoms with Crippen molar-refractivity contribution in [2.75, 3.05) is 6.54 Å². The van der Waals surface area contributed by atoms with E-state index in [4.69, 9.17) is 16.3 Å². The molecule has 0 fully saturated rings. The lowest BCUT2D eigenvalue weighted by atomic mass is 10.1. The Hall–Kier alpha value is -1.88. The number of ether oxygens (including phenoxy) is 1. The number of nitrogens with one attached hydrogen (secondary N) is 1. The Balaban J connectivity index is 1.48. The van der Waals surface area contributed by atoms with Crippen LogP contribution in [0.1, 0.15) is 11.1 Å². The second kappa shape index (κ2) is 8.11. The Morgan fingerprint density at radius 2 is 1.96 bits per heavy atom. The zero-order chi connectivity index (χ0) is 15.9. The predicted octanol–water partition coefficient (Wildman–Crippen LogP) is 4.92. The lowest BCUT2D eigenvalue weighted by molar-refractivity contribution is 0.477. The van der Waals surface area contributed by atoms with Crippen LogP contribution in [0.2, 0.25) is 5.02 Å². The molecule has 0 atom stereocenters. The fourth-order valence-electron chi connectivity index (χ4n) is 2.24. The third-order valence-electron chi connectivity index (χ3n) is 3.32. The van der Waals surface area contributed by atoms with Crippen molar-refractivity contribution in [3.8, 4) is 10.9 Å². The average Bonchev–Trinajstić information content (AvgIpc) is 3.05. The number of halogens is 1. The Morgan fingerprint density at radius 3 is 2.78 bits per heavy atom. The van der Waals surface area contributed by atoms with Crippen molar-refractivity contribution in [2.45, 2.75) is 13.0 Å². The minimum atomic E-state index is 0.663. The molecule has 1 N–H and O–H groups in total. The van der Waals surface area contributed by atoms with E-state index < -0.39 is 0 Å². The third kappa shape index (κ3) is 5.06. The lowest BCUT2D eigenvalue weighted by Gasteiger charge is -2.07. The first kappa shape index (κ1) is 16.0. The zero-order valence-corrected chi connectivity index (χ0v) is 14.1. The van der Waals surface area contributed by atoms with Gasteiger partial charge in [-0.1, -0.05) is 47.2 Å². The van der Waals surface area contributed by atoms with Crippen molar-refractivity contribution in [3.05, 3.63) is 76.3 Å². The van der Waals surface area contributed by atoms with Gasteiger partial charge in [0.1, 0.15) is 5.75 Å². The fraction of sp³-hybridized carbons (Fsp3) is 0.167. The fourth-order valence-corrected chi connectivity index (χ4v) is 2.96. The van der Waals surface area contributed by atoms with Crippen LogP contribution < -0.4 is 10.1 Å². The molecule has 1 aromatic heterocycles. The molecule has 2 aromatic carbocycles. The Morgan fingerprint density at radius 1 is 1.09 bits per heavy atom. The third-order valence-corrected chi connectivity index (χ3v) is 4.21. The molecule has 3 nitrogen and oxygen atoms in total. The molecule has 0 amide bonds. The molecule has 3 rings (SSSR count). The molecule has 0 aliphatic carbocycles. The van der Waals surface area contributed by atoms with Gasteiger partial charge in [0.15, 0.2) is 0 Å². The van der Waals surface area contributed by atoms with Gasteiger partial charge in [-0.05, 0) is 48.4 Å². The molecule has 0 bridgehead atoms. The first-order chi connectivity index (χ1) is 11.3. The van der Waals surface area contributed by atoms with Gasteiger partial charge in [0.05, 0.1) is 0 Å². The molecule has 0 unspecified atom stereocenters. The molecule has 3 aromatic rings. The van der Waals surface area contributed by atoms with Crippen molar-refractivity contribution < 1.29 is 4.74 Å². The van der Waals surface area contributed by atoms with Crippen LogP contribution >= 0.6 is 22.9 Å². The molecular weight excluding hydrogens is 328 g/mol. The van der Waals surface area contributed by atoms with Gasteiger partial charge in [0.2, 0.25) is 0 Å². The maximum Gasteiger partial charge on any atom is 0.278 e. The highest BCUT2D eigenvalue weighted by Gasteiger charge is 2.01. The van der Waals surface area contributed by atoms with Crippen LogP contribution in [0.15, 0.2) is 60.1 Å². The van der Waals surface area contributed by atoms with Crippen LogP contribution in [0.25, 0.3) is 0 Å². The van der Waals surface area contributed by atoms with E-state index in [9.17, 15) is 0 Å². The summed E-state index contributed by atoms with van der Waals surface area (Å²) in [5.74, 6) is 0.814. The summed E-state index contributed by atoms with van der Waals surface area (Å²) < 4.78 is 5.71. The average molecular weight is 345 g/mol. The summed E-state index contributed by atoms with van der Waals surface area (Å²) in [6.07, 6.45) is 2.69. The van der Waals surface area contributed by atoms with Crippen molar-refractivity contribution in [1.82, 2.24) is 10.3 Å². The second-order valence-electron chi connectivity index (χ2n) is 5.10. The number of nitrogens with zero attached hydrogens (tertiary/aromatic N) is 1. The first-order valence-electron chi connectivity index (χ1n) is 7.41. The normalized spacial score (nSPS) is 10.7. The molecule has 118 valence electrons. The van der Waals surface area contributed by atoms with Gasteiger partial charge < -0.3 is 10.1 Å². The van der Waals surface area contributed by atoms with Crippen LogP contribution in [0, 0.1) is 0 Å². The van der Waals surface area contributed by atoms with Crippen molar-refractivity contribution in [3.63, 3.8) is 0 Å². The standard InChI is InChI=1S/C18H17ClN2OS/c19-16-5-1-3-14(11-16)7-8-20-13-15-4-2-6-17(12-15)22-18-21-9-10-23-18/h1-6,9-12,20H,7-8,13H2. The number of thiazole rings is 1. The summed E-state index contributed by atoms with van der Waals surface area (Å²) in [7, 11) is 0. The number of benzene rings is 2. The minimum absolute atomic E-state index is 0.663. The summed E-state index contributed by atoms with van der Waals surface area (Å²) in [5.41, 5.74) is 2.43. The minimum Gasteiger partial charge on any atom is -0.431 e. The van der Waals surface area contributed by atoms with E-state index in [2.05, 4.69) is 22.4 Å². The van der Waals surface area contributed by atoms with Gasteiger partial charge in [-0.25, -0.2) is 4.98 Å². The number of aromatic nitrogens is 1. The highest BCUT2D eigenvalue weighted by Crippen LogP contribution is 2.23. The molecule has 0 aliphatic heterocycles. The van der Waals surface area contributed by atoms with E-state index >= 15 is 0 Å². The van der Waals surface area contributed by atoms with Gasteiger partial charge in [-0.3, -0.25) is 0 Å². The molecule has 0 saturated heterocycles. The van der Waals surface area contributed by atoms with Crippen LogP contribution in [0.5, 0.6) is 10.9 Å². The number of hydrogen-bond acceptors (Lipinski definition) is 4. The highest BCUT2D eigenvalue weighted by molar-refractivity contribution is 7.11. The van der Waals surface area contributed by atoms with Crippen LogP contribution in [-0.2, 0) is 13.0 Å². The molecular formula is C18H17ClN2OS. The number of hydrogen-bond donors (Lipinski definition) is 1. The lowest BCUT2D eigenvalue weighted by Crippen LogP contribution is -2.16. The Bertz CT molecular complexity index is 746. The van der Waals surface area contributed by atoms with Gasteiger partial charge >= 0.3 is 0 Å². The molecule has 0 radical (unpaired) electrons. The van der Waals surface area contributed by atoms with E-state index in [0.717, 1.165) is 30.3 Å². The van der Waals surface area contributed by atoms with E-state index in [-0.39, 0.29) is 0 Å². The van der Waals surface area contributed by atoms with Crippen molar-refractivity contribution >= 4 is 22.9 Å². The van der Waals surface area contributed by atoms with Crippen molar-refractivity contribution in [1.29, 1.82) is 0 Å². The van der Waals surface area contributed by atoms with Gasteiger partial charge in [0.25, 0.3) is 5.19 Å². The topological polar surface area (TPSA) is 34.1 Å². The highest BCUT2D eigenvalue weighted by atomic mass is 35.5.